The summed E-state index contributed by atoms with van der Waals surface area (Å²) in [4.78, 5) is 0. The van der Waals surface area contributed by atoms with E-state index in [1.54, 1.807) is 0 Å². The van der Waals surface area contributed by atoms with Gasteiger partial charge in [0.15, 0.2) is 11.5 Å². The summed E-state index contributed by atoms with van der Waals surface area (Å²) in [5.74, 6) is 0.872. The average Bonchev–Trinajstić information content (AvgIpc) is 3.55. The molecule has 4 heteroatoms. The third kappa shape index (κ3) is 2.80. The van der Waals surface area contributed by atoms with E-state index in [1.807, 2.05) is 0 Å². The number of benzene rings is 5. The first-order valence-electron chi connectivity index (χ1n) is 13.0. The van der Waals surface area contributed by atoms with Gasteiger partial charge in [-0.2, -0.15) is 0 Å². The van der Waals surface area contributed by atoms with Crippen LogP contribution in [0.2, 0.25) is 0 Å². The fraction of sp³-hybridized carbons (Fsp3) is 0.0588. The number of para-hydroxylation sites is 3. The highest BCUT2D eigenvalue weighted by Gasteiger charge is 2.19. The van der Waals surface area contributed by atoms with Crippen LogP contribution in [-0.4, -0.2) is 19.2 Å². The zero-order valence-electron chi connectivity index (χ0n) is 21.2. The van der Waals surface area contributed by atoms with Crippen molar-refractivity contribution in [2.75, 3.05) is 0 Å². The Kier molecular flexibility index (Phi) is 4.32. The van der Waals surface area contributed by atoms with E-state index in [4.69, 9.17) is 10.2 Å². The Morgan fingerprint density at radius 1 is 0.500 bits per heavy atom. The van der Waals surface area contributed by atoms with Crippen molar-refractivity contribution < 1.29 is 0 Å². The average molecular weight is 489 g/mol. The Hall–Kier alpha value is -4.96. The monoisotopic (exact) mass is 488 g/mol. The van der Waals surface area contributed by atoms with Crippen LogP contribution in [0, 0.1) is 13.8 Å². The summed E-state index contributed by atoms with van der Waals surface area (Å²) < 4.78 is 4.61. The van der Waals surface area contributed by atoms with Gasteiger partial charge in [0, 0.05) is 32.8 Å². The summed E-state index contributed by atoms with van der Waals surface area (Å²) >= 11 is 0. The van der Waals surface area contributed by atoms with Gasteiger partial charge in [0.1, 0.15) is 0 Å². The molecule has 180 valence electrons. The largest absolute Gasteiger partial charge is 0.309 e. The van der Waals surface area contributed by atoms with E-state index >= 15 is 0 Å². The number of aryl methyl sites for hydroxylation is 2. The lowest BCUT2D eigenvalue weighted by molar-refractivity contribution is 1.10. The second-order valence-corrected chi connectivity index (χ2v) is 10.1. The lowest BCUT2D eigenvalue weighted by Gasteiger charge is -2.15. The van der Waals surface area contributed by atoms with Crippen LogP contribution in [0.25, 0.3) is 66.2 Å². The van der Waals surface area contributed by atoms with Gasteiger partial charge in [-0.15, -0.1) is 10.2 Å². The van der Waals surface area contributed by atoms with Gasteiger partial charge in [-0.3, -0.25) is 4.40 Å². The molecule has 8 aromatic rings. The Morgan fingerprint density at radius 3 is 1.68 bits per heavy atom. The maximum atomic E-state index is 4.77. The van der Waals surface area contributed by atoms with E-state index in [9.17, 15) is 0 Å². The lowest BCUT2D eigenvalue weighted by atomic mass is 10.0. The lowest BCUT2D eigenvalue weighted by Crippen LogP contribution is -2.01. The standard InChI is InChI=1S/C34H24N4/c1-21-20-32(37-29-16-8-6-13-25(29)26-14-7-9-17-30(26)37)22(2)19-28(21)34-36-35-33-27-15-4-3-11-23(27)24-12-5-10-18-31(24)38(33)34/h3-20H,1-2H3. The zero-order chi connectivity index (χ0) is 25.4. The predicted molar refractivity (Wildman–Crippen MR) is 157 cm³/mol. The fourth-order valence-electron chi connectivity index (χ4n) is 6.14. The van der Waals surface area contributed by atoms with Crippen molar-refractivity contribution in [3.05, 3.63) is 120 Å². The number of fused-ring (bicyclic) bond motifs is 9. The smallest absolute Gasteiger partial charge is 0.169 e. The van der Waals surface area contributed by atoms with Crippen LogP contribution in [-0.2, 0) is 0 Å². The molecule has 0 spiro atoms. The second-order valence-electron chi connectivity index (χ2n) is 10.1. The minimum Gasteiger partial charge on any atom is -0.309 e. The molecule has 8 rings (SSSR count). The number of hydrogen-bond donors (Lipinski definition) is 0. The topological polar surface area (TPSA) is 35.1 Å². The van der Waals surface area contributed by atoms with Crippen LogP contribution in [0.15, 0.2) is 109 Å². The van der Waals surface area contributed by atoms with E-state index in [-0.39, 0.29) is 0 Å². The molecule has 0 saturated heterocycles. The molecule has 0 radical (unpaired) electrons. The highest BCUT2D eigenvalue weighted by Crippen LogP contribution is 2.37. The molecule has 4 nitrogen and oxygen atoms in total. The van der Waals surface area contributed by atoms with Gasteiger partial charge in [-0.1, -0.05) is 78.9 Å². The Bertz CT molecular complexity index is 2160. The van der Waals surface area contributed by atoms with Crippen LogP contribution < -0.4 is 0 Å². The van der Waals surface area contributed by atoms with Crippen molar-refractivity contribution in [2.24, 2.45) is 0 Å². The van der Waals surface area contributed by atoms with Crippen LogP contribution in [0.1, 0.15) is 11.1 Å². The van der Waals surface area contributed by atoms with Gasteiger partial charge in [0.2, 0.25) is 0 Å². The molecule has 0 N–H and O–H groups in total. The van der Waals surface area contributed by atoms with E-state index in [0.717, 1.165) is 27.9 Å². The molecule has 3 heterocycles. The molecule has 38 heavy (non-hydrogen) atoms. The summed E-state index contributed by atoms with van der Waals surface area (Å²) in [7, 11) is 0. The maximum Gasteiger partial charge on any atom is 0.169 e. The van der Waals surface area contributed by atoms with Crippen molar-refractivity contribution in [3.63, 3.8) is 0 Å². The number of nitrogens with zero attached hydrogens (tertiary/aromatic N) is 4. The summed E-state index contributed by atoms with van der Waals surface area (Å²) in [6.45, 7) is 4.37. The van der Waals surface area contributed by atoms with Gasteiger partial charge in [0.25, 0.3) is 0 Å². The van der Waals surface area contributed by atoms with Crippen LogP contribution in [0.4, 0.5) is 0 Å². The SMILES string of the molecule is Cc1cc(-n2c3ccccc3c3ccccc32)c(C)cc1-c1nnc2c3ccccc3c3ccccc3n12. The summed E-state index contributed by atoms with van der Waals surface area (Å²) in [5.41, 5.74) is 9.08. The van der Waals surface area contributed by atoms with Crippen molar-refractivity contribution >= 4 is 49.1 Å². The molecule has 0 aliphatic rings. The maximum absolute atomic E-state index is 4.77. The number of aromatic nitrogens is 4. The first-order chi connectivity index (χ1) is 18.7. The molecule has 0 fully saturated rings. The van der Waals surface area contributed by atoms with E-state index in [1.165, 1.54) is 49.4 Å². The minimum atomic E-state index is 0.872. The quantitative estimate of drug-likeness (QED) is 0.229. The van der Waals surface area contributed by atoms with E-state index in [2.05, 4.69) is 132 Å². The van der Waals surface area contributed by atoms with Gasteiger partial charge in [-0.05, 0) is 60.7 Å². The Labute approximate surface area is 219 Å². The molecular formula is C34H24N4. The normalized spacial score (nSPS) is 11.9. The predicted octanol–water partition coefficient (Wildman–Crippen LogP) is 8.42. The first-order valence-corrected chi connectivity index (χ1v) is 13.0. The zero-order valence-corrected chi connectivity index (χ0v) is 21.2. The highest BCUT2D eigenvalue weighted by molar-refractivity contribution is 6.12. The van der Waals surface area contributed by atoms with Crippen molar-refractivity contribution in [3.8, 4) is 17.1 Å². The number of rotatable bonds is 2. The first kappa shape index (κ1) is 21.2. The molecule has 0 amide bonds. The molecule has 0 aliphatic heterocycles. The van der Waals surface area contributed by atoms with Crippen LogP contribution in [0.5, 0.6) is 0 Å². The third-order valence-electron chi connectivity index (χ3n) is 7.87. The summed E-state index contributed by atoms with van der Waals surface area (Å²) in [5, 5.41) is 15.5. The second kappa shape index (κ2) is 7.77. The Balaban J connectivity index is 1.42. The van der Waals surface area contributed by atoms with E-state index < -0.39 is 0 Å². The molecule has 0 aliphatic carbocycles. The molecule has 5 aromatic carbocycles. The van der Waals surface area contributed by atoms with Crippen molar-refractivity contribution in [1.29, 1.82) is 0 Å². The fourth-order valence-corrected chi connectivity index (χ4v) is 6.14. The highest BCUT2D eigenvalue weighted by atomic mass is 15.2. The summed E-state index contributed by atoms with van der Waals surface area (Å²) in [6, 6.07) is 38.9. The number of pyridine rings is 1. The van der Waals surface area contributed by atoms with Crippen LogP contribution >= 0.6 is 0 Å². The molecule has 0 saturated carbocycles. The van der Waals surface area contributed by atoms with Gasteiger partial charge in [-0.25, -0.2) is 0 Å². The van der Waals surface area contributed by atoms with Crippen LogP contribution in [0.3, 0.4) is 0 Å². The minimum absolute atomic E-state index is 0.872. The van der Waals surface area contributed by atoms with Crippen molar-refractivity contribution in [2.45, 2.75) is 13.8 Å². The van der Waals surface area contributed by atoms with Gasteiger partial charge >= 0.3 is 0 Å². The number of hydrogen-bond acceptors (Lipinski definition) is 2. The van der Waals surface area contributed by atoms with E-state index in [0.29, 0.717) is 0 Å². The molecule has 0 atom stereocenters. The Morgan fingerprint density at radius 2 is 1.03 bits per heavy atom. The van der Waals surface area contributed by atoms with Gasteiger partial charge in [0.05, 0.1) is 16.6 Å². The van der Waals surface area contributed by atoms with Gasteiger partial charge < -0.3 is 4.57 Å². The molecule has 3 aromatic heterocycles. The molecular weight excluding hydrogens is 464 g/mol. The molecule has 0 unspecified atom stereocenters. The van der Waals surface area contributed by atoms with Crippen molar-refractivity contribution in [1.82, 2.24) is 19.2 Å². The molecule has 0 bridgehead atoms. The third-order valence-corrected chi connectivity index (χ3v) is 7.87. The summed E-state index contributed by atoms with van der Waals surface area (Å²) in [6.07, 6.45) is 0.